The summed E-state index contributed by atoms with van der Waals surface area (Å²) in [5.74, 6) is -0.721. The molecule has 0 spiro atoms. The predicted molar refractivity (Wildman–Crippen MR) is 61.6 cm³/mol. The van der Waals surface area contributed by atoms with Crippen molar-refractivity contribution < 1.29 is 19.8 Å². The Bertz CT molecular complexity index is 435. The number of hydrogen-bond donors (Lipinski definition) is 3. The fraction of sp³-hybridized carbons (Fsp3) is 0.273. The second-order valence-corrected chi connectivity index (χ2v) is 3.99. The lowest BCUT2D eigenvalue weighted by Crippen LogP contribution is -2.25. The van der Waals surface area contributed by atoms with Crippen molar-refractivity contribution in [2.75, 3.05) is 0 Å². The van der Waals surface area contributed by atoms with Crippen LogP contribution in [0, 0.1) is 0 Å². The largest absolute Gasteiger partial charge is 0.390 e. The van der Waals surface area contributed by atoms with Gasteiger partial charge in [0.05, 0.1) is 17.5 Å². The van der Waals surface area contributed by atoms with Crippen LogP contribution in [0.5, 0.6) is 0 Å². The monoisotopic (exact) mass is 257 g/mol. The Labute approximate surface area is 103 Å². The lowest BCUT2D eigenvalue weighted by molar-refractivity contribution is -0.121. The number of hydrogen-bond acceptors (Lipinski definition) is 4. The molecule has 0 aliphatic heterocycles. The minimum atomic E-state index is -1.31. The first-order chi connectivity index (χ1) is 7.95. The molecule has 0 fully saturated rings. The third-order valence-corrected chi connectivity index (χ3v) is 2.61. The summed E-state index contributed by atoms with van der Waals surface area (Å²) in [7, 11) is 0. The molecule has 1 rings (SSSR count). The van der Waals surface area contributed by atoms with Gasteiger partial charge in [0.1, 0.15) is 6.10 Å². The van der Waals surface area contributed by atoms with E-state index < -0.39 is 18.1 Å². The number of aliphatic hydroxyl groups excluding tert-OH is 2. The fourth-order valence-corrected chi connectivity index (χ4v) is 1.54. The summed E-state index contributed by atoms with van der Waals surface area (Å²) in [6.07, 6.45) is -2.43. The average molecular weight is 258 g/mol. The summed E-state index contributed by atoms with van der Waals surface area (Å²) in [6, 6.07) is 4.25. The van der Waals surface area contributed by atoms with Gasteiger partial charge in [-0.2, -0.15) is 0 Å². The molecule has 1 amide bonds. The zero-order valence-corrected chi connectivity index (χ0v) is 9.59. The third-order valence-electron chi connectivity index (χ3n) is 2.26. The van der Waals surface area contributed by atoms with Crippen LogP contribution >= 0.6 is 11.6 Å². The molecule has 0 heterocycles. The van der Waals surface area contributed by atoms with Gasteiger partial charge >= 0.3 is 0 Å². The van der Waals surface area contributed by atoms with Gasteiger partial charge in [0.2, 0.25) is 5.91 Å². The molecule has 0 bridgehead atoms. The number of carbonyl (C=O) groups is 2. The van der Waals surface area contributed by atoms with E-state index in [4.69, 9.17) is 17.3 Å². The molecular formula is C11H12ClNO4. The number of rotatable bonds is 5. The Kier molecular flexibility index (Phi) is 4.62. The summed E-state index contributed by atoms with van der Waals surface area (Å²) in [5, 5.41) is 19.5. The standard InChI is InChI=1S/C11H12ClNO4/c12-8-2-1-6(3-7(8)5-14)11(17)9(15)4-10(13)16/h1-3,5,9,11,15,17H,4H2,(H2,13,16). The van der Waals surface area contributed by atoms with Crippen LogP contribution < -0.4 is 5.73 Å². The number of halogens is 1. The summed E-state index contributed by atoms with van der Waals surface area (Å²) in [5.41, 5.74) is 5.40. The molecule has 1 aromatic rings. The predicted octanol–water partition coefficient (Wildman–Crippen LogP) is 0.422. The van der Waals surface area contributed by atoms with Crippen molar-refractivity contribution >= 4 is 23.8 Å². The van der Waals surface area contributed by atoms with Crippen LogP contribution in [0.25, 0.3) is 0 Å². The van der Waals surface area contributed by atoms with Crippen LogP contribution in [0.3, 0.4) is 0 Å². The van der Waals surface area contributed by atoms with Gasteiger partial charge in [-0.1, -0.05) is 17.7 Å². The number of benzene rings is 1. The van der Waals surface area contributed by atoms with Gasteiger partial charge in [0, 0.05) is 5.56 Å². The number of amides is 1. The lowest BCUT2D eigenvalue weighted by Gasteiger charge is -2.17. The first-order valence-electron chi connectivity index (χ1n) is 4.84. The van der Waals surface area contributed by atoms with Crippen molar-refractivity contribution in [1.29, 1.82) is 0 Å². The third kappa shape index (κ3) is 3.52. The lowest BCUT2D eigenvalue weighted by atomic mass is 10.0. The van der Waals surface area contributed by atoms with E-state index in [1.54, 1.807) is 0 Å². The number of nitrogens with two attached hydrogens (primary N) is 1. The molecule has 92 valence electrons. The van der Waals surface area contributed by atoms with Gasteiger partial charge in [-0.05, 0) is 17.7 Å². The van der Waals surface area contributed by atoms with Gasteiger partial charge < -0.3 is 15.9 Å². The van der Waals surface area contributed by atoms with E-state index in [9.17, 15) is 19.8 Å². The maximum Gasteiger partial charge on any atom is 0.220 e. The van der Waals surface area contributed by atoms with Crippen molar-refractivity contribution in [3.63, 3.8) is 0 Å². The fourth-order valence-electron chi connectivity index (χ4n) is 1.38. The van der Waals surface area contributed by atoms with Gasteiger partial charge in [-0.3, -0.25) is 9.59 Å². The highest BCUT2D eigenvalue weighted by molar-refractivity contribution is 6.32. The van der Waals surface area contributed by atoms with Crippen molar-refractivity contribution in [3.05, 3.63) is 34.3 Å². The van der Waals surface area contributed by atoms with E-state index in [-0.39, 0.29) is 17.0 Å². The van der Waals surface area contributed by atoms with Crippen LogP contribution in [0.15, 0.2) is 18.2 Å². The van der Waals surface area contributed by atoms with Crippen LogP contribution in [0.4, 0.5) is 0 Å². The second-order valence-electron chi connectivity index (χ2n) is 3.58. The van der Waals surface area contributed by atoms with Crippen molar-refractivity contribution in [2.45, 2.75) is 18.6 Å². The van der Waals surface area contributed by atoms with Crippen molar-refractivity contribution in [2.24, 2.45) is 5.73 Å². The molecule has 6 heteroatoms. The minimum absolute atomic E-state index is 0.203. The molecule has 2 atom stereocenters. The van der Waals surface area contributed by atoms with E-state index in [0.717, 1.165) is 0 Å². The van der Waals surface area contributed by atoms with Crippen molar-refractivity contribution in [1.82, 2.24) is 0 Å². The van der Waals surface area contributed by atoms with E-state index in [2.05, 4.69) is 0 Å². The maximum atomic E-state index is 10.6. The molecule has 2 unspecified atom stereocenters. The molecule has 0 aliphatic rings. The van der Waals surface area contributed by atoms with Gasteiger partial charge in [0.15, 0.2) is 6.29 Å². The van der Waals surface area contributed by atoms with Gasteiger partial charge in [-0.25, -0.2) is 0 Å². The van der Waals surface area contributed by atoms with Crippen LogP contribution in [0.1, 0.15) is 28.4 Å². The zero-order valence-electron chi connectivity index (χ0n) is 8.84. The summed E-state index contributed by atoms with van der Waals surface area (Å²) < 4.78 is 0. The Hall–Kier alpha value is -1.43. The molecule has 0 radical (unpaired) electrons. The molecule has 0 aromatic heterocycles. The van der Waals surface area contributed by atoms with Crippen LogP contribution in [-0.2, 0) is 4.79 Å². The highest BCUT2D eigenvalue weighted by Gasteiger charge is 2.20. The highest BCUT2D eigenvalue weighted by atomic mass is 35.5. The highest BCUT2D eigenvalue weighted by Crippen LogP contribution is 2.23. The Morgan fingerprint density at radius 2 is 2.12 bits per heavy atom. The van der Waals surface area contributed by atoms with Crippen molar-refractivity contribution in [3.8, 4) is 0 Å². The smallest absolute Gasteiger partial charge is 0.220 e. The van der Waals surface area contributed by atoms with Gasteiger partial charge in [-0.15, -0.1) is 0 Å². The number of carbonyl (C=O) groups excluding carboxylic acids is 2. The zero-order chi connectivity index (χ0) is 13.0. The average Bonchev–Trinajstić information content (AvgIpc) is 2.27. The number of aliphatic hydroxyl groups is 2. The quantitative estimate of drug-likeness (QED) is 0.666. The summed E-state index contributed by atoms with van der Waals surface area (Å²) >= 11 is 5.72. The number of aldehydes is 1. The molecule has 5 nitrogen and oxygen atoms in total. The Balaban J connectivity index is 2.92. The van der Waals surface area contributed by atoms with Gasteiger partial charge in [0.25, 0.3) is 0 Å². The summed E-state index contributed by atoms with van der Waals surface area (Å²) in [4.78, 5) is 21.2. The van der Waals surface area contributed by atoms with Crippen LogP contribution in [0.2, 0.25) is 5.02 Å². The maximum absolute atomic E-state index is 10.6. The second kappa shape index (κ2) is 5.77. The molecule has 17 heavy (non-hydrogen) atoms. The molecule has 1 aromatic carbocycles. The Morgan fingerprint density at radius 3 is 2.65 bits per heavy atom. The summed E-state index contributed by atoms with van der Waals surface area (Å²) in [6.45, 7) is 0. The van der Waals surface area contributed by atoms with Crippen LogP contribution in [-0.4, -0.2) is 28.5 Å². The van der Waals surface area contributed by atoms with E-state index in [1.165, 1.54) is 18.2 Å². The minimum Gasteiger partial charge on any atom is -0.390 e. The van der Waals surface area contributed by atoms with E-state index in [0.29, 0.717) is 11.8 Å². The molecule has 0 saturated carbocycles. The number of primary amides is 1. The topological polar surface area (TPSA) is 101 Å². The first-order valence-corrected chi connectivity index (χ1v) is 5.22. The Morgan fingerprint density at radius 1 is 1.47 bits per heavy atom. The van der Waals surface area contributed by atoms with E-state index >= 15 is 0 Å². The molecule has 4 N–H and O–H groups in total. The van der Waals surface area contributed by atoms with E-state index in [1.807, 2.05) is 0 Å². The first kappa shape index (κ1) is 13.6. The normalized spacial score (nSPS) is 14.1. The molecule has 0 aliphatic carbocycles. The SMILES string of the molecule is NC(=O)CC(O)C(O)c1ccc(Cl)c(C=O)c1. The molecule has 0 saturated heterocycles. The molecular weight excluding hydrogens is 246 g/mol.